The van der Waals surface area contributed by atoms with Crippen molar-refractivity contribution >= 4 is 11.6 Å². The number of pyridine rings is 1. The van der Waals surface area contributed by atoms with Crippen molar-refractivity contribution in [1.29, 1.82) is 0 Å². The van der Waals surface area contributed by atoms with Crippen molar-refractivity contribution in [3.05, 3.63) is 51.8 Å². The average Bonchev–Trinajstić information content (AvgIpc) is 2.46. The molecule has 0 spiro atoms. The molecule has 0 saturated heterocycles. The minimum Gasteiger partial charge on any atom is -0.481 e. The SMILES string of the molecule is CC#CCOc1ccc(-c2[c-]cc(Cl)c(=O)n2C)cc1.[Y]. The number of benzene rings is 1. The van der Waals surface area contributed by atoms with E-state index in [0.717, 1.165) is 11.3 Å². The predicted molar refractivity (Wildman–Crippen MR) is 79.9 cm³/mol. The third-order valence-corrected chi connectivity index (χ3v) is 3.07. The number of aromatic nitrogens is 1. The standard InChI is InChI=1S/C16H13ClNO2.Y/c1-3-4-11-20-13-7-5-12(6-8-13)15-10-9-14(17)16(19)18(15)2;/h5-9H,11H2,1-2H3;/q-1;. The minimum absolute atomic E-state index is 0. The third kappa shape index (κ3) is 4.44. The topological polar surface area (TPSA) is 31.2 Å². The number of nitrogens with zero attached hydrogens (tertiary/aromatic N) is 1. The molecule has 0 aliphatic rings. The van der Waals surface area contributed by atoms with Gasteiger partial charge in [0, 0.05) is 44.8 Å². The summed E-state index contributed by atoms with van der Waals surface area (Å²) in [6.07, 6.45) is 0. The van der Waals surface area contributed by atoms with Gasteiger partial charge in [-0.3, -0.25) is 4.79 Å². The summed E-state index contributed by atoms with van der Waals surface area (Å²) in [4.78, 5) is 11.8. The van der Waals surface area contributed by atoms with Crippen molar-refractivity contribution in [1.82, 2.24) is 4.57 Å². The summed E-state index contributed by atoms with van der Waals surface area (Å²) in [6, 6.07) is 11.9. The van der Waals surface area contributed by atoms with Crippen LogP contribution in [0.3, 0.4) is 0 Å². The van der Waals surface area contributed by atoms with Crippen molar-refractivity contribution in [2.45, 2.75) is 6.92 Å². The first kappa shape index (κ1) is 18.0. The van der Waals surface area contributed by atoms with E-state index in [9.17, 15) is 4.79 Å². The van der Waals surface area contributed by atoms with E-state index >= 15 is 0 Å². The summed E-state index contributed by atoms with van der Waals surface area (Å²) in [5.74, 6) is 6.32. The normalized spacial score (nSPS) is 9.29. The van der Waals surface area contributed by atoms with Gasteiger partial charge in [-0.25, -0.2) is 0 Å². The van der Waals surface area contributed by atoms with E-state index in [1.807, 2.05) is 24.3 Å². The van der Waals surface area contributed by atoms with E-state index in [-0.39, 0.29) is 43.3 Å². The van der Waals surface area contributed by atoms with Crippen LogP contribution in [0.5, 0.6) is 5.75 Å². The van der Waals surface area contributed by atoms with E-state index in [2.05, 4.69) is 17.9 Å². The van der Waals surface area contributed by atoms with Crippen molar-refractivity contribution in [3.63, 3.8) is 0 Å². The Kier molecular flexibility index (Phi) is 7.18. The molecule has 2 rings (SSSR count). The van der Waals surface area contributed by atoms with E-state index in [1.165, 1.54) is 10.6 Å². The Morgan fingerprint density at radius 1 is 1.33 bits per heavy atom. The van der Waals surface area contributed by atoms with Gasteiger partial charge in [-0.1, -0.05) is 17.2 Å². The molecule has 105 valence electrons. The fourth-order valence-corrected chi connectivity index (χ4v) is 1.91. The maximum atomic E-state index is 11.8. The van der Waals surface area contributed by atoms with Gasteiger partial charge in [0.05, 0.1) is 0 Å². The quantitative estimate of drug-likeness (QED) is 0.610. The number of ether oxygens (including phenoxy) is 1. The zero-order valence-electron chi connectivity index (χ0n) is 11.8. The Morgan fingerprint density at radius 2 is 2.00 bits per heavy atom. The van der Waals surface area contributed by atoms with Gasteiger partial charge in [0.1, 0.15) is 12.4 Å². The second-order valence-electron chi connectivity index (χ2n) is 4.09. The maximum absolute atomic E-state index is 11.8. The summed E-state index contributed by atoms with van der Waals surface area (Å²) in [7, 11) is 1.67. The first-order valence-corrected chi connectivity index (χ1v) is 6.41. The van der Waals surface area contributed by atoms with Crippen molar-refractivity contribution in [2.75, 3.05) is 6.61 Å². The number of hydrogen-bond donors (Lipinski definition) is 0. The second kappa shape index (κ2) is 8.39. The van der Waals surface area contributed by atoms with Crippen LogP contribution in [0.2, 0.25) is 5.02 Å². The van der Waals surface area contributed by atoms with Gasteiger partial charge in [-0.15, -0.1) is 18.1 Å². The molecule has 0 aliphatic heterocycles. The van der Waals surface area contributed by atoms with Gasteiger partial charge >= 0.3 is 0 Å². The molecule has 1 aromatic heterocycles. The second-order valence-corrected chi connectivity index (χ2v) is 4.50. The molecule has 0 bridgehead atoms. The van der Waals surface area contributed by atoms with Crippen LogP contribution in [0.25, 0.3) is 11.3 Å². The Morgan fingerprint density at radius 3 is 2.62 bits per heavy atom. The van der Waals surface area contributed by atoms with Gasteiger partial charge in [-0.05, 0) is 19.1 Å². The molecule has 0 N–H and O–H groups in total. The van der Waals surface area contributed by atoms with Crippen LogP contribution in [0.1, 0.15) is 6.92 Å². The summed E-state index contributed by atoms with van der Waals surface area (Å²) in [6.45, 7) is 2.13. The molecule has 2 aromatic rings. The van der Waals surface area contributed by atoms with Crippen LogP contribution in [0.15, 0.2) is 35.1 Å². The van der Waals surface area contributed by atoms with Crippen molar-refractivity contribution < 1.29 is 37.4 Å². The monoisotopic (exact) mass is 375 g/mol. The molecule has 0 amide bonds. The average molecular weight is 376 g/mol. The summed E-state index contributed by atoms with van der Waals surface area (Å²) in [5.41, 5.74) is 1.31. The first-order chi connectivity index (χ1) is 9.63. The zero-order valence-corrected chi connectivity index (χ0v) is 15.4. The van der Waals surface area contributed by atoms with Crippen LogP contribution < -0.4 is 10.3 Å². The van der Waals surface area contributed by atoms with Crippen LogP contribution >= 0.6 is 11.6 Å². The summed E-state index contributed by atoms with van der Waals surface area (Å²) >= 11 is 5.77. The van der Waals surface area contributed by atoms with Crippen LogP contribution in [0.4, 0.5) is 0 Å². The predicted octanol–water partition coefficient (Wildman–Crippen LogP) is 2.91. The van der Waals surface area contributed by atoms with Gasteiger partial charge < -0.3 is 9.30 Å². The number of hydrogen-bond acceptors (Lipinski definition) is 2. The minimum atomic E-state index is -0.237. The maximum Gasteiger partial charge on any atom is 0.212 e. The third-order valence-electron chi connectivity index (χ3n) is 2.80. The van der Waals surface area contributed by atoms with Gasteiger partial charge in [0.15, 0.2) is 0 Å². The Balaban J connectivity index is 0.00000220. The number of rotatable bonds is 3. The van der Waals surface area contributed by atoms with Crippen LogP contribution in [-0.4, -0.2) is 11.2 Å². The molecule has 1 radical (unpaired) electrons. The summed E-state index contributed by atoms with van der Waals surface area (Å²) < 4.78 is 6.91. The van der Waals surface area contributed by atoms with E-state index in [0.29, 0.717) is 12.3 Å². The van der Waals surface area contributed by atoms with E-state index < -0.39 is 0 Å². The van der Waals surface area contributed by atoms with Crippen LogP contribution in [-0.2, 0) is 39.8 Å². The van der Waals surface area contributed by atoms with E-state index in [1.54, 1.807) is 14.0 Å². The smallest absolute Gasteiger partial charge is 0.212 e. The van der Waals surface area contributed by atoms with Gasteiger partial charge in [0.25, 0.3) is 0 Å². The molecule has 0 aliphatic carbocycles. The van der Waals surface area contributed by atoms with E-state index in [4.69, 9.17) is 16.3 Å². The largest absolute Gasteiger partial charge is 0.481 e. The first-order valence-electron chi connectivity index (χ1n) is 6.03. The van der Waals surface area contributed by atoms with Gasteiger partial charge in [-0.2, -0.15) is 23.7 Å². The zero-order chi connectivity index (χ0) is 14.5. The van der Waals surface area contributed by atoms with Crippen molar-refractivity contribution in [2.24, 2.45) is 7.05 Å². The molecule has 3 nitrogen and oxygen atoms in total. The van der Waals surface area contributed by atoms with Crippen molar-refractivity contribution in [3.8, 4) is 28.8 Å². The number of halogens is 1. The fraction of sp³-hybridized carbons (Fsp3) is 0.188. The van der Waals surface area contributed by atoms with Gasteiger partial charge in [0.2, 0.25) is 5.56 Å². The molecule has 0 unspecified atom stereocenters. The Labute approximate surface area is 154 Å². The fourth-order valence-electron chi connectivity index (χ4n) is 1.73. The molecule has 0 atom stereocenters. The molecule has 21 heavy (non-hydrogen) atoms. The molecule has 1 heterocycles. The molecular formula is C16H13ClNO2Y-. The molecule has 5 heteroatoms. The molecular weight excluding hydrogens is 363 g/mol. The molecule has 0 fully saturated rings. The Bertz CT molecular complexity index is 727. The summed E-state index contributed by atoms with van der Waals surface area (Å²) in [5, 5.41) is 0.161. The Hall–Kier alpha value is -1.08. The van der Waals surface area contributed by atoms with Crippen LogP contribution in [0, 0.1) is 17.9 Å². The molecule has 0 saturated carbocycles. The molecule has 1 aromatic carbocycles.